The molecule has 10 heteroatoms. The Kier molecular flexibility index (Phi) is 6.86. The summed E-state index contributed by atoms with van der Waals surface area (Å²) in [7, 11) is 1.34. The quantitative estimate of drug-likeness (QED) is 0.298. The number of nitrogens with one attached hydrogen (secondary N) is 1. The molecule has 0 aliphatic rings. The molecular formula is C19H15N3O7. The number of methoxy groups -OCH3 is 1. The van der Waals surface area contributed by atoms with Crippen molar-refractivity contribution >= 4 is 29.3 Å². The van der Waals surface area contributed by atoms with Crippen LogP contribution < -0.4 is 14.8 Å². The van der Waals surface area contributed by atoms with Crippen LogP contribution in [-0.4, -0.2) is 35.6 Å². The number of non-ortho nitro benzene ring substituents is 1. The lowest BCUT2D eigenvalue weighted by atomic mass is 10.1. The Morgan fingerprint density at radius 2 is 1.97 bits per heavy atom. The number of aliphatic carboxylic acids is 1. The molecule has 0 saturated carbocycles. The number of benzene rings is 2. The predicted octanol–water partition coefficient (Wildman–Crippen LogP) is 2.61. The second-order valence-corrected chi connectivity index (χ2v) is 5.52. The van der Waals surface area contributed by atoms with E-state index >= 15 is 0 Å². The number of carboxylic acids is 1. The van der Waals surface area contributed by atoms with Crippen LogP contribution in [0, 0.1) is 21.4 Å². The summed E-state index contributed by atoms with van der Waals surface area (Å²) in [6, 6.07) is 11.5. The first-order valence-corrected chi connectivity index (χ1v) is 8.04. The van der Waals surface area contributed by atoms with Gasteiger partial charge in [0.15, 0.2) is 6.61 Å². The van der Waals surface area contributed by atoms with E-state index in [9.17, 15) is 25.0 Å². The number of carbonyl (C=O) groups is 2. The molecule has 0 fully saturated rings. The second kappa shape index (κ2) is 9.52. The van der Waals surface area contributed by atoms with Gasteiger partial charge in [-0.05, 0) is 29.8 Å². The molecule has 29 heavy (non-hydrogen) atoms. The zero-order chi connectivity index (χ0) is 21.4. The van der Waals surface area contributed by atoms with E-state index in [2.05, 4.69) is 5.32 Å². The minimum Gasteiger partial charge on any atom is -0.495 e. The van der Waals surface area contributed by atoms with Crippen LogP contribution in [0.1, 0.15) is 5.56 Å². The van der Waals surface area contributed by atoms with Crippen LogP contribution in [0.5, 0.6) is 11.5 Å². The number of hydrogen-bond acceptors (Lipinski definition) is 7. The third-order valence-corrected chi connectivity index (χ3v) is 3.56. The van der Waals surface area contributed by atoms with Crippen LogP contribution >= 0.6 is 0 Å². The highest BCUT2D eigenvalue weighted by atomic mass is 16.6. The second-order valence-electron chi connectivity index (χ2n) is 5.52. The number of ether oxygens (including phenoxy) is 2. The van der Waals surface area contributed by atoms with Gasteiger partial charge in [-0.3, -0.25) is 14.9 Å². The standard InChI is InChI=1S/C19H15N3O7/c1-28-17-7-4-14(22(26)27)9-16(17)21-19(25)13(10-20)8-12-2-5-15(6-3-12)29-11-18(23)24/h2-9H,11H2,1H3,(H,21,25)(H,23,24)/b13-8+. The molecule has 0 bridgehead atoms. The Balaban J connectivity index is 2.20. The Labute approximate surface area is 164 Å². The fourth-order valence-electron chi connectivity index (χ4n) is 2.22. The van der Waals surface area contributed by atoms with Crippen LogP contribution in [0.25, 0.3) is 6.08 Å². The molecular weight excluding hydrogens is 382 g/mol. The monoisotopic (exact) mass is 397 g/mol. The van der Waals surface area contributed by atoms with Gasteiger partial charge in [0.2, 0.25) is 0 Å². The molecule has 2 rings (SSSR count). The Morgan fingerprint density at radius 1 is 1.28 bits per heavy atom. The molecule has 0 aromatic heterocycles. The third-order valence-electron chi connectivity index (χ3n) is 3.56. The molecule has 0 aliphatic heterocycles. The largest absolute Gasteiger partial charge is 0.495 e. The topological polar surface area (TPSA) is 152 Å². The minimum absolute atomic E-state index is 0.0465. The summed E-state index contributed by atoms with van der Waals surface area (Å²) >= 11 is 0. The first kappa shape index (κ1) is 20.9. The van der Waals surface area contributed by atoms with Crippen LogP contribution in [0.4, 0.5) is 11.4 Å². The number of hydrogen-bond donors (Lipinski definition) is 2. The van der Waals surface area contributed by atoms with Gasteiger partial charge < -0.3 is 19.9 Å². The Morgan fingerprint density at radius 3 is 2.52 bits per heavy atom. The van der Waals surface area contributed by atoms with Gasteiger partial charge in [-0.1, -0.05) is 12.1 Å². The SMILES string of the molecule is COc1ccc([N+](=O)[O-])cc1NC(=O)/C(C#N)=C/c1ccc(OCC(=O)O)cc1. The maximum absolute atomic E-state index is 12.4. The van der Waals surface area contributed by atoms with Gasteiger partial charge >= 0.3 is 5.97 Å². The molecule has 0 spiro atoms. The number of carboxylic acid groups (broad SMARTS) is 1. The Hall–Kier alpha value is -4.39. The summed E-state index contributed by atoms with van der Waals surface area (Å²) in [4.78, 5) is 33.2. The van der Waals surface area contributed by atoms with Crippen molar-refractivity contribution in [3.63, 3.8) is 0 Å². The van der Waals surface area contributed by atoms with Crippen LogP contribution in [-0.2, 0) is 9.59 Å². The third kappa shape index (κ3) is 5.80. The van der Waals surface area contributed by atoms with E-state index in [0.29, 0.717) is 11.3 Å². The number of rotatable bonds is 8. The van der Waals surface area contributed by atoms with Crippen molar-refractivity contribution in [2.24, 2.45) is 0 Å². The number of nitro benzene ring substituents is 1. The maximum Gasteiger partial charge on any atom is 0.341 e. The van der Waals surface area contributed by atoms with E-state index in [-0.39, 0.29) is 22.7 Å². The van der Waals surface area contributed by atoms with Crippen molar-refractivity contribution in [1.29, 1.82) is 5.26 Å². The van der Waals surface area contributed by atoms with Crippen LogP contribution in [0.15, 0.2) is 48.0 Å². The average molecular weight is 397 g/mol. The van der Waals surface area contributed by atoms with Gasteiger partial charge in [-0.15, -0.1) is 0 Å². The number of nitriles is 1. The lowest BCUT2D eigenvalue weighted by molar-refractivity contribution is -0.384. The molecule has 10 nitrogen and oxygen atoms in total. The van der Waals surface area contributed by atoms with Gasteiger partial charge in [0.05, 0.1) is 17.7 Å². The van der Waals surface area contributed by atoms with Crippen molar-refractivity contribution < 1.29 is 29.1 Å². The van der Waals surface area contributed by atoms with Gasteiger partial charge in [0, 0.05) is 12.1 Å². The molecule has 2 aromatic rings. The zero-order valence-corrected chi connectivity index (χ0v) is 15.1. The number of nitro groups is 1. The summed E-state index contributed by atoms with van der Waals surface area (Å²) in [6.07, 6.45) is 1.31. The molecule has 2 N–H and O–H groups in total. The number of carbonyl (C=O) groups excluding carboxylic acids is 1. The van der Waals surface area contributed by atoms with E-state index in [4.69, 9.17) is 14.6 Å². The van der Waals surface area contributed by atoms with Crippen molar-refractivity contribution in [3.05, 3.63) is 63.7 Å². The van der Waals surface area contributed by atoms with Crippen molar-refractivity contribution in [1.82, 2.24) is 0 Å². The lowest BCUT2D eigenvalue weighted by Gasteiger charge is -2.09. The molecule has 148 valence electrons. The molecule has 0 heterocycles. The normalized spacial score (nSPS) is 10.6. The smallest absolute Gasteiger partial charge is 0.341 e. The lowest BCUT2D eigenvalue weighted by Crippen LogP contribution is -2.14. The zero-order valence-electron chi connectivity index (χ0n) is 15.1. The molecule has 2 aromatic carbocycles. The van der Waals surface area contributed by atoms with Crippen molar-refractivity contribution in [3.8, 4) is 17.6 Å². The first-order chi connectivity index (χ1) is 13.8. The number of anilines is 1. The highest BCUT2D eigenvalue weighted by Crippen LogP contribution is 2.29. The van der Waals surface area contributed by atoms with Gasteiger partial charge in [-0.2, -0.15) is 5.26 Å². The minimum atomic E-state index is -1.12. The van der Waals surface area contributed by atoms with Crippen molar-refractivity contribution in [2.45, 2.75) is 0 Å². The fourth-order valence-corrected chi connectivity index (χ4v) is 2.22. The predicted molar refractivity (Wildman–Crippen MR) is 101 cm³/mol. The molecule has 0 aliphatic carbocycles. The summed E-state index contributed by atoms with van der Waals surface area (Å²) in [5, 5.41) is 31.2. The number of amides is 1. The van der Waals surface area contributed by atoms with E-state index in [0.717, 1.165) is 6.07 Å². The van der Waals surface area contributed by atoms with Gasteiger partial charge in [0.1, 0.15) is 23.1 Å². The van der Waals surface area contributed by atoms with E-state index < -0.39 is 23.4 Å². The molecule has 0 unspecified atom stereocenters. The highest BCUT2D eigenvalue weighted by molar-refractivity contribution is 6.10. The summed E-state index contributed by atoms with van der Waals surface area (Å²) < 4.78 is 10.1. The molecule has 0 atom stereocenters. The van der Waals surface area contributed by atoms with Crippen LogP contribution in [0.3, 0.4) is 0 Å². The summed E-state index contributed by atoms with van der Waals surface area (Å²) in [6.45, 7) is -0.494. The molecule has 1 amide bonds. The molecule has 0 radical (unpaired) electrons. The summed E-state index contributed by atoms with van der Waals surface area (Å²) in [5.41, 5.74) is 0.0361. The highest BCUT2D eigenvalue weighted by Gasteiger charge is 2.16. The van der Waals surface area contributed by atoms with Gasteiger partial charge in [0.25, 0.3) is 11.6 Å². The first-order valence-electron chi connectivity index (χ1n) is 8.04. The van der Waals surface area contributed by atoms with E-state index in [1.54, 1.807) is 6.07 Å². The Bertz CT molecular complexity index is 1010. The van der Waals surface area contributed by atoms with Gasteiger partial charge in [-0.25, -0.2) is 4.79 Å². The van der Waals surface area contributed by atoms with E-state index in [1.807, 2.05) is 0 Å². The average Bonchev–Trinajstić information content (AvgIpc) is 2.71. The summed E-state index contributed by atoms with van der Waals surface area (Å²) in [5.74, 6) is -1.39. The number of nitrogens with zero attached hydrogens (tertiary/aromatic N) is 2. The van der Waals surface area contributed by atoms with E-state index in [1.165, 1.54) is 49.6 Å². The van der Waals surface area contributed by atoms with Crippen LogP contribution in [0.2, 0.25) is 0 Å². The molecule has 0 saturated heterocycles. The fraction of sp³-hybridized carbons (Fsp3) is 0.105. The van der Waals surface area contributed by atoms with Crippen molar-refractivity contribution in [2.75, 3.05) is 19.0 Å². The maximum atomic E-state index is 12.4.